The molecular weight excluding hydrogens is 426 g/mol. The Kier molecular flexibility index (Phi) is 7.35. The molecule has 0 saturated carbocycles. The Bertz CT molecular complexity index is 1050. The number of ether oxygens (including phenoxy) is 3. The van der Waals surface area contributed by atoms with E-state index in [0.29, 0.717) is 29.6 Å². The van der Waals surface area contributed by atoms with Crippen molar-refractivity contribution < 1.29 is 19.0 Å². The van der Waals surface area contributed by atoms with Crippen molar-refractivity contribution in [2.24, 2.45) is 5.10 Å². The van der Waals surface area contributed by atoms with Gasteiger partial charge in [-0.3, -0.25) is 5.43 Å². The van der Waals surface area contributed by atoms with Gasteiger partial charge in [0.15, 0.2) is 11.7 Å². The molecule has 32 heavy (non-hydrogen) atoms. The number of nitrogens with one attached hydrogen (secondary N) is 2. The van der Waals surface area contributed by atoms with Gasteiger partial charge in [0, 0.05) is 17.7 Å². The maximum Gasteiger partial charge on any atom is 0.344 e. The van der Waals surface area contributed by atoms with Crippen molar-refractivity contribution in [1.29, 1.82) is 0 Å². The standard InChI is InChI=1S/C24H29N3O4S/c1-6-29-22(28)14-30-17-10-11-21-18(12-17)20(13-24(4,5)31-21)26-27-23(32)25-19-9-7-8-15(2)16(19)3/h7-12H,6,13-14H2,1-5H3,(H2,25,27,32)/b26-20-. The molecule has 0 amide bonds. The topological polar surface area (TPSA) is 81.2 Å². The van der Waals surface area contributed by atoms with Gasteiger partial charge >= 0.3 is 5.97 Å². The highest BCUT2D eigenvalue weighted by molar-refractivity contribution is 7.80. The molecule has 0 atom stereocenters. The number of rotatable bonds is 6. The number of aryl methyl sites for hydroxylation is 1. The number of fused-ring (bicyclic) bond motifs is 1. The predicted octanol–water partition coefficient (Wildman–Crippen LogP) is 4.50. The van der Waals surface area contributed by atoms with Crippen LogP contribution in [0.25, 0.3) is 0 Å². The molecule has 2 aromatic rings. The first-order valence-electron chi connectivity index (χ1n) is 10.5. The van der Waals surface area contributed by atoms with Gasteiger partial charge in [-0.2, -0.15) is 5.10 Å². The third-order valence-corrected chi connectivity index (χ3v) is 5.24. The Balaban J connectivity index is 1.77. The molecule has 3 rings (SSSR count). The molecule has 0 spiro atoms. The van der Waals surface area contributed by atoms with Crippen LogP contribution in [0.15, 0.2) is 41.5 Å². The number of hydrogen-bond acceptors (Lipinski definition) is 6. The highest BCUT2D eigenvalue weighted by atomic mass is 32.1. The number of anilines is 1. The molecule has 8 heteroatoms. The first-order chi connectivity index (χ1) is 15.2. The fourth-order valence-corrected chi connectivity index (χ4v) is 3.50. The number of carbonyl (C=O) groups excluding carboxylic acids is 1. The van der Waals surface area contributed by atoms with Crippen molar-refractivity contribution in [2.45, 2.75) is 46.6 Å². The molecule has 0 fully saturated rings. The molecule has 0 aliphatic carbocycles. The van der Waals surface area contributed by atoms with E-state index >= 15 is 0 Å². The highest BCUT2D eigenvalue weighted by Crippen LogP contribution is 2.35. The number of hydrazone groups is 1. The second-order valence-corrected chi connectivity index (χ2v) is 8.57. The Labute approximate surface area is 194 Å². The molecule has 1 aliphatic heterocycles. The van der Waals surface area contributed by atoms with Crippen molar-refractivity contribution in [1.82, 2.24) is 5.43 Å². The third kappa shape index (κ3) is 5.97. The minimum absolute atomic E-state index is 0.159. The molecule has 0 bridgehead atoms. The largest absolute Gasteiger partial charge is 0.487 e. The van der Waals surface area contributed by atoms with E-state index in [1.807, 2.05) is 45.0 Å². The van der Waals surface area contributed by atoms with E-state index in [-0.39, 0.29) is 6.61 Å². The van der Waals surface area contributed by atoms with Crippen LogP contribution in [-0.4, -0.2) is 35.6 Å². The molecule has 170 valence electrons. The molecule has 7 nitrogen and oxygen atoms in total. The number of hydrogen-bond donors (Lipinski definition) is 2. The van der Waals surface area contributed by atoms with Crippen LogP contribution in [0.3, 0.4) is 0 Å². The Morgan fingerprint density at radius 1 is 1.25 bits per heavy atom. The first-order valence-corrected chi connectivity index (χ1v) is 10.9. The SMILES string of the molecule is CCOC(=O)COc1ccc2c(c1)/C(=N\NC(=S)Nc1cccc(C)c1C)CC(C)(C)O2. The van der Waals surface area contributed by atoms with Gasteiger partial charge in [-0.15, -0.1) is 0 Å². The van der Waals surface area contributed by atoms with E-state index < -0.39 is 11.6 Å². The van der Waals surface area contributed by atoms with Crippen molar-refractivity contribution in [3.8, 4) is 11.5 Å². The lowest BCUT2D eigenvalue weighted by Gasteiger charge is -2.33. The van der Waals surface area contributed by atoms with Gasteiger partial charge in [-0.05, 0) is 82.2 Å². The van der Waals surface area contributed by atoms with E-state index in [2.05, 4.69) is 28.8 Å². The Morgan fingerprint density at radius 2 is 2.03 bits per heavy atom. The second kappa shape index (κ2) is 9.99. The zero-order chi connectivity index (χ0) is 23.3. The van der Waals surface area contributed by atoms with Crippen LogP contribution in [0.2, 0.25) is 0 Å². The van der Waals surface area contributed by atoms with Crippen LogP contribution in [-0.2, 0) is 9.53 Å². The van der Waals surface area contributed by atoms with Crippen LogP contribution < -0.4 is 20.2 Å². The summed E-state index contributed by atoms with van der Waals surface area (Å²) in [6, 6.07) is 11.4. The summed E-state index contributed by atoms with van der Waals surface area (Å²) in [7, 11) is 0. The average molecular weight is 456 g/mol. The second-order valence-electron chi connectivity index (χ2n) is 8.16. The number of nitrogens with zero attached hydrogens (tertiary/aromatic N) is 1. The van der Waals surface area contributed by atoms with E-state index in [4.69, 9.17) is 26.4 Å². The molecular formula is C24H29N3O4S. The van der Waals surface area contributed by atoms with Crippen LogP contribution >= 0.6 is 12.2 Å². The fourth-order valence-electron chi connectivity index (χ4n) is 3.35. The zero-order valence-electron chi connectivity index (χ0n) is 19.1. The average Bonchev–Trinajstić information content (AvgIpc) is 2.73. The summed E-state index contributed by atoms with van der Waals surface area (Å²) < 4.78 is 16.6. The van der Waals surface area contributed by atoms with Gasteiger partial charge in [-0.1, -0.05) is 12.1 Å². The van der Waals surface area contributed by atoms with E-state index in [1.54, 1.807) is 13.0 Å². The summed E-state index contributed by atoms with van der Waals surface area (Å²) in [5, 5.41) is 8.16. The highest BCUT2D eigenvalue weighted by Gasteiger charge is 2.31. The molecule has 0 saturated heterocycles. The van der Waals surface area contributed by atoms with E-state index in [9.17, 15) is 4.79 Å². The first kappa shape index (κ1) is 23.5. The van der Waals surface area contributed by atoms with Gasteiger partial charge in [0.25, 0.3) is 0 Å². The lowest BCUT2D eigenvalue weighted by atomic mass is 9.92. The molecule has 1 aliphatic rings. The summed E-state index contributed by atoms with van der Waals surface area (Å²) in [4.78, 5) is 11.6. The van der Waals surface area contributed by atoms with E-state index in [0.717, 1.165) is 22.5 Å². The molecule has 0 unspecified atom stereocenters. The quantitative estimate of drug-likeness (QED) is 0.377. The summed E-state index contributed by atoms with van der Waals surface area (Å²) in [5.41, 5.74) is 7.33. The van der Waals surface area contributed by atoms with Crippen molar-refractivity contribution in [3.63, 3.8) is 0 Å². The van der Waals surface area contributed by atoms with E-state index in [1.165, 1.54) is 5.56 Å². The predicted molar refractivity (Wildman–Crippen MR) is 130 cm³/mol. The van der Waals surface area contributed by atoms with Crippen molar-refractivity contribution in [3.05, 3.63) is 53.1 Å². The van der Waals surface area contributed by atoms with Crippen LogP contribution in [0.4, 0.5) is 5.69 Å². The van der Waals surface area contributed by atoms with Crippen molar-refractivity contribution >= 4 is 34.7 Å². The summed E-state index contributed by atoms with van der Waals surface area (Å²) in [6.07, 6.45) is 0.570. The van der Waals surface area contributed by atoms with Crippen LogP contribution in [0, 0.1) is 13.8 Å². The summed E-state index contributed by atoms with van der Waals surface area (Å²) in [6.45, 7) is 10.0. The van der Waals surface area contributed by atoms with Crippen molar-refractivity contribution in [2.75, 3.05) is 18.5 Å². The molecule has 0 radical (unpaired) electrons. The third-order valence-electron chi connectivity index (χ3n) is 5.05. The maximum absolute atomic E-state index is 11.6. The number of carbonyl (C=O) groups is 1. The number of benzene rings is 2. The minimum Gasteiger partial charge on any atom is -0.487 e. The lowest BCUT2D eigenvalue weighted by molar-refractivity contribution is -0.145. The van der Waals surface area contributed by atoms with Crippen LogP contribution in [0.5, 0.6) is 11.5 Å². The zero-order valence-corrected chi connectivity index (χ0v) is 19.9. The summed E-state index contributed by atoms with van der Waals surface area (Å²) in [5.74, 6) is 0.809. The molecule has 2 aromatic carbocycles. The van der Waals surface area contributed by atoms with Crippen LogP contribution in [0.1, 0.15) is 43.9 Å². The fraction of sp³-hybridized carbons (Fsp3) is 0.375. The van der Waals surface area contributed by atoms with Gasteiger partial charge in [-0.25, -0.2) is 4.79 Å². The van der Waals surface area contributed by atoms with Gasteiger partial charge < -0.3 is 19.5 Å². The van der Waals surface area contributed by atoms with Gasteiger partial charge in [0.1, 0.15) is 17.1 Å². The van der Waals surface area contributed by atoms with Gasteiger partial charge in [0.05, 0.1) is 12.3 Å². The van der Waals surface area contributed by atoms with Gasteiger partial charge in [0.2, 0.25) is 0 Å². The minimum atomic E-state index is -0.428. The normalized spacial score (nSPS) is 15.3. The number of esters is 1. The monoisotopic (exact) mass is 455 g/mol. The summed E-state index contributed by atoms with van der Waals surface area (Å²) >= 11 is 5.45. The molecule has 1 heterocycles. The maximum atomic E-state index is 11.6. The molecule has 2 N–H and O–H groups in total. The Hall–Kier alpha value is -3.13. The Morgan fingerprint density at radius 3 is 2.78 bits per heavy atom. The molecule has 0 aromatic heterocycles. The smallest absolute Gasteiger partial charge is 0.344 e. The lowest BCUT2D eigenvalue weighted by Crippen LogP contribution is -2.37. The number of thiocarbonyl (C=S) groups is 1.